The van der Waals surface area contributed by atoms with E-state index in [1.165, 1.54) is 5.69 Å². The monoisotopic (exact) mass is 246 g/mol. The number of ether oxygens (including phenoxy) is 1. The number of hydrogen-bond acceptors (Lipinski definition) is 2. The minimum absolute atomic E-state index is 0.788. The highest BCUT2D eigenvalue weighted by molar-refractivity contribution is 9.10. The van der Waals surface area contributed by atoms with Crippen LogP contribution in [0.1, 0.15) is 17.8 Å². The summed E-state index contributed by atoms with van der Waals surface area (Å²) in [5, 5.41) is 4.40. The number of rotatable bonds is 4. The van der Waals surface area contributed by atoms with Crippen LogP contribution in [0.25, 0.3) is 0 Å². The van der Waals surface area contributed by atoms with Crippen LogP contribution in [0.2, 0.25) is 0 Å². The van der Waals surface area contributed by atoms with Gasteiger partial charge in [0.1, 0.15) is 0 Å². The summed E-state index contributed by atoms with van der Waals surface area (Å²) in [6.45, 7) is 5.78. The summed E-state index contributed by atoms with van der Waals surface area (Å²) in [5.74, 6) is 0. The van der Waals surface area contributed by atoms with Crippen LogP contribution < -0.4 is 0 Å². The Hall–Kier alpha value is -0.350. The van der Waals surface area contributed by atoms with E-state index in [0.29, 0.717) is 0 Å². The summed E-state index contributed by atoms with van der Waals surface area (Å²) in [6.07, 6.45) is 1.00. The van der Waals surface area contributed by atoms with E-state index in [4.69, 9.17) is 4.74 Å². The van der Waals surface area contributed by atoms with Crippen molar-refractivity contribution in [2.24, 2.45) is 0 Å². The molecule has 4 heteroatoms. The molecule has 0 saturated heterocycles. The summed E-state index contributed by atoms with van der Waals surface area (Å²) in [6, 6.07) is 0. The van der Waals surface area contributed by atoms with Crippen molar-refractivity contribution in [2.75, 3.05) is 13.7 Å². The van der Waals surface area contributed by atoms with Gasteiger partial charge in [0.15, 0.2) is 0 Å². The van der Waals surface area contributed by atoms with Crippen molar-refractivity contribution in [1.82, 2.24) is 9.78 Å². The molecule has 0 aliphatic rings. The molecule has 74 valence electrons. The topological polar surface area (TPSA) is 27.1 Å². The van der Waals surface area contributed by atoms with Crippen LogP contribution in [0.3, 0.4) is 0 Å². The van der Waals surface area contributed by atoms with Gasteiger partial charge < -0.3 is 4.74 Å². The summed E-state index contributed by atoms with van der Waals surface area (Å²) >= 11 is 3.49. The first-order valence-electron chi connectivity index (χ1n) is 4.35. The minimum atomic E-state index is 0.788. The fraction of sp³-hybridized carbons (Fsp3) is 0.667. The van der Waals surface area contributed by atoms with Crippen molar-refractivity contribution in [3.63, 3.8) is 0 Å². The summed E-state index contributed by atoms with van der Waals surface area (Å²) in [4.78, 5) is 0. The summed E-state index contributed by atoms with van der Waals surface area (Å²) in [7, 11) is 1.72. The molecule has 0 aliphatic heterocycles. The summed E-state index contributed by atoms with van der Waals surface area (Å²) < 4.78 is 8.12. The molecule has 1 rings (SSSR count). The second-order valence-corrected chi connectivity index (χ2v) is 3.85. The molecule has 1 aromatic heterocycles. The van der Waals surface area contributed by atoms with Crippen LogP contribution in [-0.2, 0) is 11.3 Å². The molecule has 1 heterocycles. The Morgan fingerprint density at radius 2 is 2.15 bits per heavy atom. The molecule has 0 bridgehead atoms. The highest BCUT2D eigenvalue weighted by Gasteiger charge is 2.07. The normalized spacial score (nSPS) is 10.8. The maximum atomic E-state index is 4.99. The minimum Gasteiger partial charge on any atom is -0.385 e. The summed E-state index contributed by atoms with van der Waals surface area (Å²) in [5.41, 5.74) is 2.24. The molecule has 0 spiro atoms. The maximum absolute atomic E-state index is 4.99. The van der Waals surface area contributed by atoms with Gasteiger partial charge in [0, 0.05) is 26.0 Å². The molecule has 3 nitrogen and oxygen atoms in total. The van der Waals surface area contributed by atoms with E-state index in [9.17, 15) is 0 Å². The number of nitrogens with zero attached hydrogens (tertiary/aromatic N) is 2. The molecule has 0 unspecified atom stereocenters. The van der Waals surface area contributed by atoms with E-state index in [2.05, 4.69) is 28.0 Å². The Kier molecular flexibility index (Phi) is 3.93. The van der Waals surface area contributed by atoms with Crippen LogP contribution in [-0.4, -0.2) is 23.5 Å². The predicted molar refractivity (Wildman–Crippen MR) is 55.9 cm³/mol. The molecular weight excluding hydrogens is 232 g/mol. The van der Waals surface area contributed by atoms with E-state index in [1.54, 1.807) is 7.11 Å². The van der Waals surface area contributed by atoms with Gasteiger partial charge in [-0.05, 0) is 36.2 Å². The zero-order valence-electron chi connectivity index (χ0n) is 8.30. The first kappa shape index (κ1) is 10.7. The number of aromatic nitrogens is 2. The predicted octanol–water partition coefficient (Wildman–Crippen LogP) is 2.30. The molecule has 0 saturated carbocycles. The fourth-order valence-corrected chi connectivity index (χ4v) is 1.54. The fourth-order valence-electron chi connectivity index (χ4n) is 1.25. The van der Waals surface area contributed by atoms with E-state index in [0.717, 1.165) is 29.7 Å². The van der Waals surface area contributed by atoms with Crippen LogP contribution in [0, 0.1) is 13.8 Å². The number of aryl methyl sites for hydroxylation is 2. The highest BCUT2D eigenvalue weighted by Crippen LogP contribution is 2.19. The Morgan fingerprint density at radius 1 is 1.46 bits per heavy atom. The first-order valence-corrected chi connectivity index (χ1v) is 5.14. The molecule has 0 fully saturated rings. The average Bonchev–Trinajstić information content (AvgIpc) is 2.34. The molecule has 0 N–H and O–H groups in total. The average molecular weight is 247 g/mol. The molecule has 0 amide bonds. The molecule has 0 aromatic carbocycles. The quantitative estimate of drug-likeness (QED) is 0.763. The van der Waals surface area contributed by atoms with E-state index < -0.39 is 0 Å². The standard InChI is InChI=1S/C9H15BrN2O/c1-7-9(10)8(2)12(11-7)5-4-6-13-3/h4-6H2,1-3H3. The Balaban J connectivity index is 2.61. The van der Waals surface area contributed by atoms with Gasteiger partial charge in [0.2, 0.25) is 0 Å². The Morgan fingerprint density at radius 3 is 2.62 bits per heavy atom. The second kappa shape index (κ2) is 4.77. The zero-order chi connectivity index (χ0) is 9.84. The molecule has 0 radical (unpaired) electrons. The lowest BCUT2D eigenvalue weighted by Gasteiger charge is -2.02. The van der Waals surface area contributed by atoms with Gasteiger partial charge in [-0.15, -0.1) is 0 Å². The van der Waals surface area contributed by atoms with Crippen LogP contribution in [0.4, 0.5) is 0 Å². The number of methoxy groups -OCH3 is 1. The van der Waals surface area contributed by atoms with E-state index >= 15 is 0 Å². The van der Waals surface area contributed by atoms with Crippen molar-refractivity contribution < 1.29 is 4.74 Å². The third kappa shape index (κ3) is 2.54. The van der Waals surface area contributed by atoms with Crippen molar-refractivity contribution in [1.29, 1.82) is 0 Å². The molecule has 0 atom stereocenters. The van der Waals surface area contributed by atoms with Crippen LogP contribution in [0.15, 0.2) is 4.47 Å². The van der Waals surface area contributed by atoms with Crippen molar-refractivity contribution in [2.45, 2.75) is 26.8 Å². The van der Waals surface area contributed by atoms with Gasteiger partial charge in [-0.1, -0.05) is 0 Å². The third-order valence-electron chi connectivity index (χ3n) is 2.01. The maximum Gasteiger partial charge on any atom is 0.0738 e. The van der Waals surface area contributed by atoms with Gasteiger partial charge in [-0.2, -0.15) is 5.10 Å². The molecular formula is C9H15BrN2O. The zero-order valence-corrected chi connectivity index (χ0v) is 9.89. The molecule has 1 aromatic rings. The Bertz CT molecular complexity index is 283. The van der Waals surface area contributed by atoms with Gasteiger partial charge >= 0.3 is 0 Å². The van der Waals surface area contributed by atoms with Crippen LogP contribution in [0.5, 0.6) is 0 Å². The number of halogens is 1. The second-order valence-electron chi connectivity index (χ2n) is 3.05. The first-order chi connectivity index (χ1) is 6.16. The largest absolute Gasteiger partial charge is 0.385 e. The van der Waals surface area contributed by atoms with E-state index in [1.807, 2.05) is 11.6 Å². The molecule has 0 aliphatic carbocycles. The van der Waals surface area contributed by atoms with Crippen LogP contribution >= 0.6 is 15.9 Å². The lowest BCUT2D eigenvalue weighted by atomic mass is 10.4. The van der Waals surface area contributed by atoms with Crippen molar-refractivity contribution in [3.8, 4) is 0 Å². The van der Waals surface area contributed by atoms with Crippen molar-refractivity contribution >= 4 is 15.9 Å². The van der Waals surface area contributed by atoms with E-state index in [-0.39, 0.29) is 0 Å². The van der Waals surface area contributed by atoms with Gasteiger partial charge in [-0.25, -0.2) is 0 Å². The van der Waals surface area contributed by atoms with Gasteiger partial charge in [0.05, 0.1) is 10.2 Å². The third-order valence-corrected chi connectivity index (χ3v) is 3.16. The SMILES string of the molecule is COCCCn1nc(C)c(Br)c1C. The highest BCUT2D eigenvalue weighted by atomic mass is 79.9. The van der Waals surface area contributed by atoms with Crippen molar-refractivity contribution in [3.05, 3.63) is 15.9 Å². The Labute approximate surface area is 87.2 Å². The smallest absolute Gasteiger partial charge is 0.0738 e. The number of hydrogen-bond donors (Lipinski definition) is 0. The lowest BCUT2D eigenvalue weighted by Crippen LogP contribution is -2.04. The van der Waals surface area contributed by atoms with Gasteiger partial charge in [-0.3, -0.25) is 4.68 Å². The molecule has 13 heavy (non-hydrogen) atoms. The van der Waals surface area contributed by atoms with Gasteiger partial charge in [0.25, 0.3) is 0 Å². The lowest BCUT2D eigenvalue weighted by molar-refractivity contribution is 0.188.